The van der Waals surface area contributed by atoms with Crippen molar-refractivity contribution in [2.45, 2.75) is 57.7 Å². The lowest BCUT2D eigenvalue weighted by molar-refractivity contribution is -0.166. The van der Waals surface area contributed by atoms with Crippen LogP contribution in [0.2, 0.25) is 0 Å². The van der Waals surface area contributed by atoms with Crippen LogP contribution in [0.5, 0.6) is 0 Å². The summed E-state index contributed by atoms with van der Waals surface area (Å²) in [5.74, 6) is -0.342. The van der Waals surface area contributed by atoms with Gasteiger partial charge in [0.25, 0.3) is 5.91 Å². The van der Waals surface area contributed by atoms with Crippen molar-refractivity contribution >= 4 is 23.2 Å². The van der Waals surface area contributed by atoms with Gasteiger partial charge in [-0.3, -0.25) is 9.59 Å². The summed E-state index contributed by atoms with van der Waals surface area (Å²) in [4.78, 5) is 25.7. The van der Waals surface area contributed by atoms with Crippen molar-refractivity contribution in [1.82, 2.24) is 5.32 Å². The van der Waals surface area contributed by atoms with Crippen LogP contribution in [0.4, 0.5) is 11.4 Å². The third-order valence-corrected chi connectivity index (χ3v) is 8.23. The maximum Gasteiger partial charge on any atom is 0.286 e. The molecule has 2 aliphatic rings. The Labute approximate surface area is 253 Å². The molecule has 0 bridgehead atoms. The van der Waals surface area contributed by atoms with Gasteiger partial charge in [-0.1, -0.05) is 54.6 Å². The van der Waals surface area contributed by atoms with Crippen LogP contribution in [-0.2, 0) is 25.5 Å². The topological polar surface area (TPSA) is 123 Å². The van der Waals surface area contributed by atoms with E-state index in [1.54, 1.807) is 12.1 Å². The molecule has 5 N–H and O–H groups in total. The van der Waals surface area contributed by atoms with E-state index in [4.69, 9.17) is 15.2 Å². The zero-order chi connectivity index (χ0) is 30.2. The van der Waals surface area contributed by atoms with Gasteiger partial charge in [-0.15, -0.1) is 0 Å². The zero-order valence-electron chi connectivity index (χ0n) is 24.7. The number of aliphatic hydroxyl groups excluding tert-OH is 1. The summed E-state index contributed by atoms with van der Waals surface area (Å²) in [7, 11) is 0. The smallest absolute Gasteiger partial charge is 0.286 e. The van der Waals surface area contributed by atoms with Crippen molar-refractivity contribution in [1.29, 1.82) is 0 Å². The van der Waals surface area contributed by atoms with Gasteiger partial charge in [0, 0.05) is 38.0 Å². The first-order valence-electron chi connectivity index (χ1n) is 15.2. The molecule has 3 atom stereocenters. The van der Waals surface area contributed by atoms with Gasteiger partial charge < -0.3 is 30.9 Å². The second-order valence-corrected chi connectivity index (χ2v) is 11.1. The number of allylic oxidation sites excluding steroid dienone is 1. The summed E-state index contributed by atoms with van der Waals surface area (Å²) in [6.45, 7) is 2.85. The molecule has 0 spiro atoms. The van der Waals surface area contributed by atoms with E-state index in [1.165, 1.54) is 27.8 Å². The van der Waals surface area contributed by atoms with Crippen molar-refractivity contribution in [3.63, 3.8) is 0 Å². The van der Waals surface area contributed by atoms with E-state index >= 15 is 0 Å². The van der Waals surface area contributed by atoms with Crippen LogP contribution in [-0.4, -0.2) is 43.0 Å². The van der Waals surface area contributed by atoms with Gasteiger partial charge in [-0.25, -0.2) is 0 Å². The number of nitrogen functional groups attached to an aromatic ring is 1. The zero-order valence-corrected chi connectivity index (χ0v) is 24.7. The van der Waals surface area contributed by atoms with Crippen LogP contribution in [0.25, 0.3) is 11.1 Å². The Morgan fingerprint density at radius 2 is 1.79 bits per heavy atom. The molecule has 1 aliphatic heterocycles. The fraction of sp³-hybridized carbons (Fsp3) is 0.371. The Balaban J connectivity index is 1.28. The van der Waals surface area contributed by atoms with E-state index in [0.717, 1.165) is 6.42 Å². The number of carbonyl (C=O) groups excluding carboxylic acids is 2. The normalized spacial score (nSPS) is 18.7. The number of nitrogens with one attached hydrogen (secondary N) is 2. The van der Waals surface area contributed by atoms with Crippen LogP contribution in [0.15, 0.2) is 78.6 Å². The number of rotatable bonds is 13. The number of aliphatic hydroxyl groups is 1. The summed E-state index contributed by atoms with van der Waals surface area (Å²) < 4.78 is 12.2. The van der Waals surface area contributed by atoms with Gasteiger partial charge in [0.2, 0.25) is 12.2 Å². The van der Waals surface area contributed by atoms with Gasteiger partial charge in [0.15, 0.2) is 5.76 Å². The van der Waals surface area contributed by atoms with E-state index in [1.807, 2.05) is 25.1 Å². The first-order valence-corrected chi connectivity index (χ1v) is 15.2. The summed E-state index contributed by atoms with van der Waals surface area (Å²) in [6, 6.07) is 22.0. The number of hydrogen-bond donors (Lipinski definition) is 4. The Bertz CT molecular complexity index is 1470. The lowest BCUT2D eigenvalue weighted by Crippen LogP contribution is -2.39. The quantitative estimate of drug-likeness (QED) is 0.122. The minimum absolute atomic E-state index is 0.0592. The lowest BCUT2D eigenvalue weighted by Gasteiger charge is -2.37. The molecule has 0 saturated carbocycles. The first-order chi connectivity index (χ1) is 21.0. The largest absolute Gasteiger partial charge is 0.459 e. The molecule has 8 nitrogen and oxygen atoms in total. The number of benzene rings is 3. The molecule has 0 radical (unpaired) electrons. The Kier molecular flexibility index (Phi) is 10.1. The minimum atomic E-state index is -0.610. The van der Waals surface area contributed by atoms with Crippen LogP contribution < -0.4 is 16.4 Å². The third-order valence-electron chi connectivity index (χ3n) is 8.23. The number of carbonyl (C=O) groups is 2. The number of amides is 2. The van der Waals surface area contributed by atoms with E-state index < -0.39 is 6.29 Å². The number of unbranched alkanes of at least 4 members (excludes halogenated alkanes) is 1. The number of nitrogens with two attached hydrogens (primary N) is 1. The average molecular weight is 584 g/mol. The van der Waals surface area contributed by atoms with E-state index in [9.17, 15) is 14.7 Å². The molecule has 2 amide bonds. The molecular weight excluding hydrogens is 542 g/mol. The highest BCUT2D eigenvalue weighted by atomic mass is 16.7. The number of ether oxygens (including phenoxy) is 2. The molecule has 0 aromatic heterocycles. The SMILES string of the molecule is CCO[C@H]1OC(C(=O)NCCCCC(=O)Nc2ccccc2N)=C[C@@H](c2cccc3c2Cc2ccccc2-3)[C@H]1CCCO. The Hall–Kier alpha value is -4.14. The molecule has 8 heteroatoms. The van der Waals surface area contributed by atoms with Gasteiger partial charge in [-0.2, -0.15) is 0 Å². The van der Waals surface area contributed by atoms with Gasteiger partial charge in [-0.05, 0) is 85.1 Å². The standard InChI is InChI=1S/C35H41N3O5/c1-2-42-35-27(15-10-20-39)29(26-14-9-13-25-24-12-4-3-11-23(24)21-28(25)26)22-32(43-35)34(41)37-19-8-7-18-33(40)38-31-17-6-5-16-30(31)36/h3-6,9,11-14,16-17,22,27,29,35,39H,2,7-8,10,15,18-21,36H2,1H3,(H,37,41)(H,38,40)/t27-,29+,35+/m1/s1. The van der Waals surface area contributed by atoms with Crippen molar-refractivity contribution in [3.8, 4) is 11.1 Å². The van der Waals surface area contributed by atoms with E-state index in [0.29, 0.717) is 56.6 Å². The van der Waals surface area contributed by atoms with Gasteiger partial charge >= 0.3 is 0 Å². The second-order valence-electron chi connectivity index (χ2n) is 11.1. The fourth-order valence-electron chi connectivity index (χ4n) is 6.14. The van der Waals surface area contributed by atoms with E-state index in [-0.39, 0.29) is 36.0 Å². The fourth-order valence-corrected chi connectivity index (χ4v) is 6.14. The highest BCUT2D eigenvalue weighted by molar-refractivity contribution is 5.94. The van der Waals surface area contributed by atoms with Crippen molar-refractivity contribution < 1.29 is 24.2 Å². The van der Waals surface area contributed by atoms with Crippen molar-refractivity contribution in [2.24, 2.45) is 5.92 Å². The number of fused-ring (bicyclic) bond motifs is 3. The van der Waals surface area contributed by atoms with Crippen LogP contribution in [0.3, 0.4) is 0 Å². The van der Waals surface area contributed by atoms with Crippen LogP contribution in [0, 0.1) is 5.92 Å². The van der Waals surface area contributed by atoms with Crippen molar-refractivity contribution in [2.75, 3.05) is 30.8 Å². The maximum atomic E-state index is 13.3. The molecule has 0 fully saturated rings. The Morgan fingerprint density at radius 1 is 1.00 bits per heavy atom. The molecule has 43 heavy (non-hydrogen) atoms. The van der Waals surface area contributed by atoms with Crippen LogP contribution >= 0.6 is 0 Å². The highest BCUT2D eigenvalue weighted by Gasteiger charge is 2.39. The summed E-state index contributed by atoms with van der Waals surface area (Å²) in [5, 5.41) is 15.4. The molecule has 226 valence electrons. The first kappa shape index (κ1) is 30.3. The molecule has 1 heterocycles. The minimum Gasteiger partial charge on any atom is -0.459 e. The molecule has 0 unspecified atom stereocenters. The lowest BCUT2D eigenvalue weighted by atomic mass is 9.78. The predicted molar refractivity (Wildman–Crippen MR) is 168 cm³/mol. The van der Waals surface area contributed by atoms with E-state index in [2.05, 4.69) is 53.1 Å². The third kappa shape index (κ3) is 7.09. The number of para-hydroxylation sites is 2. The highest BCUT2D eigenvalue weighted by Crippen LogP contribution is 2.46. The summed E-state index contributed by atoms with van der Waals surface area (Å²) >= 11 is 0. The molecule has 1 aliphatic carbocycles. The van der Waals surface area contributed by atoms with Gasteiger partial charge in [0.05, 0.1) is 11.4 Å². The molecule has 5 rings (SSSR count). The second kappa shape index (κ2) is 14.4. The van der Waals surface area contributed by atoms with Crippen LogP contribution in [0.1, 0.15) is 61.6 Å². The molecule has 0 saturated heterocycles. The van der Waals surface area contributed by atoms with Crippen molar-refractivity contribution in [3.05, 3.63) is 95.3 Å². The number of hydrogen-bond acceptors (Lipinski definition) is 6. The Morgan fingerprint density at radius 3 is 2.60 bits per heavy atom. The molecular formula is C35H41N3O5. The predicted octanol–water partition coefficient (Wildman–Crippen LogP) is 5.51. The number of anilines is 2. The molecule has 3 aromatic rings. The monoisotopic (exact) mass is 583 g/mol. The summed E-state index contributed by atoms with van der Waals surface area (Å²) in [5.41, 5.74) is 13.2. The summed E-state index contributed by atoms with van der Waals surface area (Å²) in [6.07, 6.45) is 5.05. The average Bonchev–Trinajstić information content (AvgIpc) is 3.40. The van der Waals surface area contributed by atoms with Gasteiger partial charge in [0.1, 0.15) is 0 Å². The molecule has 3 aromatic carbocycles. The maximum absolute atomic E-state index is 13.3.